The Morgan fingerprint density at radius 2 is 1.89 bits per heavy atom. The number of piperidine rings is 1. The molecule has 3 heterocycles. The van der Waals surface area contributed by atoms with Crippen molar-refractivity contribution in [1.29, 1.82) is 5.41 Å². The number of fused-ring (bicyclic) bond motifs is 2. The Balaban J connectivity index is 1.46. The minimum absolute atomic E-state index is 0.0815. The number of likely N-dealkylation sites (tertiary alicyclic amines) is 1. The van der Waals surface area contributed by atoms with E-state index in [1.54, 1.807) is 12.4 Å². The lowest BCUT2D eigenvalue weighted by Gasteiger charge is -2.32. The van der Waals surface area contributed by atoms with Crippen LogP contribution >= 0.6 is 0 Å². The fraction of sp³-hybridized carbons (Fsp3) is 0.333. The van der Waals surface area contributed by atoms with Gasteiger partial charge in [-0.3, -0.25) is 4.79 Å². The molecule has 1 amide bonds. The van der Waals surface area contributed by atoms with Crippen molar-refractivity contribution in [3.05, 3.63) is 70.6 Å². The predicted octanol–water partition coefficient (Wildman–Crippen LogP) is 3.01. The highest BCUT2D eigenvalue weighted by Crippen LogP contribution is 2.32. The molecule has 5 N–H and O–H groups in total. The number of allylic oxidation sites excluding steroid dienone is 1. The lowest BCUT2D eigenvalue weighted by atomic mass is 9.96. The number of aromatic nitrogens is 2. The Hall–Kier alpha value is -3.78. The van der Waals surface area contributed by atoms with Crippen molar-refractivity contribution in [2.45, 2.75) is 38.8 Å². The number of benzene rings is 2. The zero-order valence-corrected chi connectivity index (χ0v) is 20.0. The third-order valence-electron chi connectivity index (χ3n) is 7.10. The van der Waals surface area contributed by atoms with Crippen molar-refractivity contribution in [3.8, 4) is 0 Å². The minimum atomic E-state index is 0.0815. The highest BCUT2D eigenvalue weighted by Gasteiger charge is 2.25. The van der Waals surface area contributed by atoms with Gasteiger partial charge in [0.2, 0.25) is 0 Å². The second kappa shape index (κ2) is 9.46. The average Bonchev–Trinajstić information content (AvgIpc) is 2.88. The van der Waals surface area contributed by atoms with E-state index in [0.29, 0.717) is 25.3 Å². The van der Waals surface area contributed by atoms with Gasteiger partial charge >= 0.3 is 0 Å². The molecule has 5 rings (SSSR count). The maximum atomic E-state index is 13.1. The van der Waals surface area contributed by atoms with E-state index in [2.05, 4.69) is 20.9 Å². The number of amides is 1. The van der Waals surface area contributed by atoms with Gasteiger partial charge in [0.1, 0.15) is 12.1 Å². The Bertz CT molecular complexity index is 1320. The fourth-order valence-electron chi connectivity index (χ4n) is 5.09. The number of carbonyl (C=O) groups is 1. The first-order valence-corrected chi connectivity index (χ1v) is 12.1. The maximum absolute atomic E-state index is 13.1. The van der Waals surface area contributed by atoms with Crippen LogP contribution in [0.3, 0.4) is 0 Å². The first kappa shape index (κ1) is 23.0. The first-order chi connectivity index (χ1) is 16.9. The van der Waals surface area contributed by atoms with Crippen LogP contribution in [0.25, 0.3) is 16.6 Å². The number of aryl methyl sites for hydroxylation is 1. The van der Waals surface area contributed by atoms with Gasteiger partial charge in [0.05, 0.1) is 5.52 Å². The third kappa shape index (κ3) is 4.49. The number of anilines is 1. The van der Waals surface area contributed by atoms with E-state index >= 15 is 0 Å². The monoisotopic (exact) mass is 469 g/mol. The van der Waals surface area contributed by atoms with Crippen LogP contribution in [0.1, 0.15) is 45.5 Å². The van der Waals surface area contributed by atoms with Crippen LogP contribution in [0, 0.1) is 12.3 Å². The topological polar surface area (TPSA) is 125 Å². The van der Waals surface area contributed by atoms with E-state index in [1.165, 1.54) is 11.8 Å². The first-order valence-electron chi connectivity index (χ1n) is 12.1. The maximum Gasteiger partial charge on any atom is 0.253 e. The molecule has 180 valence electrons. The number of rotatable bonds is 4. The van der Waals surface area contributed by atoms with Crippen LogP contribution in [0.15, 0.2) is 42.7 Å². The normalized spacial score (nSPS) is 16.9. The minimum Gasteiger partial charge on any atom is -0.398 e. The summed E-state index contributed by atoms with van der Waals surface area (Å²) >= 11 is 0. The molecule has 1 saturated heterocycles. The molecule has 0 atom stereocenters. The summed E-state index contributed by atoms with van der Waals surface area (Å²) in [5, 5.41) is 8.28. The summed E-state index contributed by atoms with van der Waals surface area (Å²) in [6.45, 7) is 4.94. The molecule has 3 aromatic rings. The second-order valence-electron chi connectivity index (χ2n) is 9.46. The van der Waals surface area contributed by atoms with Gasteiger partial charge in [0.15, 0.2) is 0 Å². The molecule has 0 aliphatic carbocycles. The number of nitrogens with zero attached hydrogens (tertiary/aromatic N) is 4. The Morgan fingerprint density at radius 3 is 2.66 bits per heavy atom. The van der Waals surface area contributed by atoms with E-state index in [1.807, 2.05) is 36.1 Å². The molecule has 1 fully saturated rings. The molecule has 2 aromatic carbocycles. The molecule has 0 saturated carbocycles. The molecule has 2 aliphatic heterocycles. The van der Waals surface area contributed by atoms with Gasteiger partial charge in [-0.1, -0.05) is 6.07 Å². The molecule has 0 spiro atoms. The third-order valence-corrected chi connectivity index (χ3v) is 7.10. The van der Waals surface area contributed by atoms with E-state index in [9.17, 15) is 4.79 Å². The van der Waals surface area contributed by atoms with Gasteiger partial charge in [-0.2, -0.15) is 0 Å². The van der Waals surface area contributed by atoms with Crippen molar-refractivity contribution in [1.82, 2.24) is 14.9 Å². The molecule has 0 bridgehead atoms. The molecule has 0 unspecified atom stereocenters. The Morgan fingerprint density at radius 1 is 1.09 bits per heavy atom. The molecular formula is C27H31N7O. The lowest BCUT2D eigenvalue weighted by Crippen LogP contribution is -2.43. The van der Waals surface area contributed by atoms with Gasteiger partial charge in [-0.05, 0) is 78.8 Å². The van der Waals surface area contributed by atoms with Crippen molar-refractivity contribution in [3.63, 3.8) is 0 Å². The van der Waals surface area contributed by atoms with Crippen LogP contribution in [-0.4, -0.2) is 52.7 Å². The zero-order chi connectivity index (χ0) is 24.5. The van der Waals surface area contributed by atoms with Crippen LogP contribution in [0.4, 0.5) is 5.82 Å². The van der Waals surface area contributed by atoms with E-state index in [0.717, 1.165) is 64.8 Å². The Kier molecular flexibility index (Phi) is 6.21. The summed E-state index contributed by atoms with van der Waals surface area (Å²) in [5.41, 5.74) is 18.6. The van der Waals surface area contributed by atoms with Crippen molar-refractivity contribution in [2.24, 2.45) is 11.5 Å². The average molecular weight is 470 g/mol. The van der Waals surface area contributed by atoms with Crippen molar-refractivity contribution in [2.75, 3.05) is 24.5 Å². The van der Waals surface area contributed by atoms with Crippen molar-refractivity contribution < 1.29 is 4.79 Å². The molecule has 8 nitrogen and oxygen atoms in total. The van der Waals surface area contributed by atoms with Gasteiger partial charge < -0.3 is 26.7 Å². The molecular weight excluding hydrogens is 438 g/mol. The standard InChI is InChI=1S/C27H31N7O/c1-17-12-20(24(30)4-8-28)14-23-25(17)31-16-32-26(23)34-9-5-18-2-3-19(13-21(18)15-34)27(35)33-10-6-22(29)7-11-33/h2-4,8,12-14,16,22,28H,5-7,9-11,15,29-30H2,1H3/b24-4-,28-8?. The van der Waals surface area contributed by atoms with Gasteiger partial charge in [0, 0.05) is 55.1 Å². The van der Waals surface area contributed by atoms with Crippen LogP contribution in [-0.2, 0) is 13.0 Å². The van der Waals surface area contributed by atoms with Crippen LogP contribution in [0.5, 0.6) is 0 Å². The quantitative estimate of drug-likeness (QED) is 0.505. The molecule has 2 aliphatic rings. The summed E-state index contributed by atoms with van der Waals surface area (Å²) in [5.74, 6) is 0.938. The summed E-state index contributed by atoms with van der Waals surface area (Å²) in [6.07, 6.45) is 6.96. The van der Waals surface area contributed by atoms with Crippen molar-refractivity contribution >= 4 is 34.5 Å². The number of carbonyl (C=O) groups excluding carboxylic acids is 1. The fourth-order valence-corrected chi connectivity index (χ4v) is 5.09. The molecule has 35 heavy (non-hydrogen) atoms. The summed E-state index contributed by atoms with van der Waals surface area (Å²) in [7, 11) is 0. The van der Waals surface area contributed by atoms with Crippen LogP contribution < -0.4 is 16.4 Å². The number of nitrogens with one attached hydrogen (secondary N) is 1. The molecule has 8 heteroatoms. The Labute approximate surface area is 205 Å². The van der Waals surface area contributed by atoms with E-state index in [4.69, 9.17) is 16.9 Å². The van der Waals surface area contributed by atoms with Gasteiger partial charge in [-0.15, -0.1) is 0 Å². The largest absolute Gasteiger partial charge is 0.398 e. The lowest BCUT2D eigenvalue weighted by molar-refractivity contribution is 0.0714. The SMILES string of the molecule is Cc1cc(/C(N)=C/C=N)cc2c(N3CCc4ccc(C(=O)N5CCC(N)CC5)cc4C3)ncnc12. The van der Waals surface area contributed by atoms with E-state index < -0.39 is 0 Å². The van der Waals surface area contributed by atoms with Crippen LogP contribution in [0.2, 0.25) is 0 Å². The number of hydrogen-bond donors (Lipinski definition) is 3. The number of hydrogen-bond acceptors (Lipinski definition) is 7. The second-order valence-corrected chi connectivity index (χ2v) is 9.46. The summed E-state index contributed by atoms with van der Waals surface area (Å²) in [4.78, 5) is 26.5. The van der Waals surface area contributed by atoms with E-state index in [-0.39, 0.29) is 11.9 Å². The molecule has 0 radical (unpaired) electrons. The highest BCUT2D eigenvalue weighted by molar-refractivity contribution is 5.96. The zero-order valence-electron chi connectivity index (χ0n) is 20.0. The van der Waals surface area contributed by atoms with Gasteiger partial charge in [-0.25, -0.2) is 9.97 Å². The number of nitrogens with two attached hydrogens (primary N) is 2. The smallest absolute Gasteiger partial charge is 0.253 e. The van der Waals surface area contributed by atoms with Gasteiger partial charge in [0.25, 0.3) is 5.91 Å². The summed E-state index contributed by atoms with van der Waals surface area (Å²) < 4.78 is 0. The highest BCUT2D eigenvalue weighted by atomic mass is 16.2. The summed E-state index contributed by atoms with van der Waals surface area (Å²) in [6, 6.07) is 10.3. The molecule has 1 aromatic heterocycles. The predicted molar refractivity (Wildman–Crippen MR) is 140 cm³/mol.